The molecule has 4 aliphatic carbocycles. The second-order valence-corrected chi connectivity index (χ2v) is 10.0. The monoisotopic (exact) mass is 326 g/mol. The van der Waals surface area contributed by atoms with Crippen LogP contribution in [0.3, 0.4) is 0 Å². The quantitative estimate of drug-likeness (QED) is 0.468. The fourth-order valence-electron chi connectivity index (χ4n) is 5.18. The van der Waals surface area contributed by atoms with Gasteiger partial charge in [-0.3, -0.25) is 9.59 Å². The average Bonchev–Trinajstić information content (AvgIpc) is 2.86. The maximum absolute atomic E-state index is 13.2. The van der Waals surface area contributed by atoms with Crippen LogP contribution < -0.4 is 0 Å². The summed E-state index contributed by atoms with van der Waals surface area (Å²) in [5.74, 6) is -0.399. The molecule has 0 amide bonds. The van der Waals surface area contributed by atoms with Crippen LogP contribution in [0.15, 0.2) is 34.9 Å². The minimum atomic E-state index is -0.722. The van der Waals surface area contributed by atoms with Gasteiger partial charge in [0.2, 0.25) is 11.6 Å². The van der Waals surface area contributed by atoms with Crippen molar-refractivity contribution in [2.24, 2.45) is 34.0 Å². The van der Waals surface area contributed by atoms with E-state index in [1.165, 1.54) is 11.1 Å². The molecule has 4 atom stereocenters. The Kier molecular flexibility index (Phi) is 3.48. The molecule has 0 aromatic heterocycles. The standard InChI is InChI=1S/C22H30O2/c1-12(2)13-9-10-14-16(13)17-15(20(3,4)5)11-22(14,21(6,7)8)19(24)18(17)23/h9-11,14,16-17H,1-8H3/t14-,16+,17-,22+/m1/s1. The Morgan fingerprint density at radius 3 is 2.08 bits per heavy atom. The summed E-state index contributed by atoms with van der Waals surface area (Å²) in [5.41, 5.74) is 2.54. The molecular formula is C22H30O2. The van der Waals surface area contributed by atoms with Gasteiger partial charge in [0.1, 0.15) is 0 Å². The van der Waals surface area contributed by atoms with E-state index in [-0.39, 0.29) is 40.2 Å². The molecule has 0 aliphatic heterocycles. The van der Waals surface area contributed by atoms with Gasteiger partial charge in [-0.2, -0.15) is 0 Å². The molecule has 2 bridgehead atoms. The fourth-order valence-corrected chi connectivity index (χ4v) is 5.18. The van der Waals surface area contributed by atoms with Crippen LogP contribution in [-0.2, 0) is 9.59 Å². The van der Waals surface area contributed by atoms with Gasteiger partial charge in [-0.25, -0.2) is 0 Å². The van der Waals surface area contributed by atoms with Gasteiger partial charge in [0, 0.05) is 11.8 Å². The lowest BCUT2D eigenvalue weighted by Gasteiger charge is -2.58. The van der Waals surface area contributed by atoms with Crippen LogP contribution in [0.4, 0.5) is 0 Å². The average molecular weight is 326 g/mol. The molecule has 0 N–H and O–H groups in total. The molecule has 0 spiro atoms. The molecule has 0 heterocycles. The lowest BCUT2D eigenvalue weighted by molar-refractivity contribution is -0.157. The summed E-state index contributed by atoms with van der Waals surface area (Å²) in [7, 11) is 0. The molecule has 2 heteroatoms. The van der Waals surface area contributed by atoms with Crippen LogP contribution in [0.2, 0.25) is 0 Å². The number of rotatable bonds is 0. The largest absolute Gasteiger partial charge is 0.290 e. The van der Waals surface area contributed by atoms with E-state index in [0.717, 1.165) is 5.57 Å². The number of hydrogen-bond acceptors (Lipinski definition) is 2. The van der Waals surface area contributed by atoms with E-state index in [1.54, 1.807) is 0 Å². The Hall–Kier alpha value is -1.44. The summed E-state index contributed by atoms with van der Waals surface area (Å²) < 4.78 is 0. The van der Waals surface area contributed by atoms with Crippen molar-refractivity contribution in [2.75, 3.05) is 0 Å². The molecule has 0 unspecified atom stereocenters. The topological polar surface area (TPSA) is 34.1 Å². The van der Waals surface area contributed by atoms with E-state index < -0.39 is 5.41 Å². The Morgan fingerprint density at radius 2 is 1.62 bits per heavy atom. The molecule has 0 aromatic carbocycles. The van der Waals surface area contributed by atoms with Crippen molar-refractivity contribution in [2.45, 2.75) is 55.4 Å². The zero-order valence-electron chi connectivity index (χ0n) is 16.3. The Morgan fingerprint density at radius 1 is 1.04 bits per heavy atom. The van der Waals surface area contributed by atoms with E-state index in [4.69, 9.17) is 0 Å². The predicted molar refractivity (Wildman–Crippen MR) is 97.4 cm³/mol. The van der Waals surface area contributed by atoms with Crippen LogP contribution >= 0.6 is 0 Å². The lowest BCUT2D eigenvalue weighted by Crippen LogP contribution is -2.63. The van der Waals surface area contributed by atoms with Gasteiger partial charge in [-0.1, -0.05) is 70.9 Å². The zero-order chi connectivity index (χ0) is 18.2. The van der Waals surface area contributed by atoms with Crippen LogP contribution in [0.1, 0.15) is 55.4 Å². The smallest absolute Gasteiger partial charge is 0.210 e. The molecule has 1 fully saturated rings. The Balaban J connectivity index is 2.37. The highest BCUT2D eigenvalue weighted by Gasteiger charge is 2.67. The zero-order valence-corrected chi connectivity index (χ0v) is 16.3. The van der Waals surface area contributed by atoms with Crippen molar-refractivity contribution in [1.29, 1.82) is 0 Å². The number of allylic oxidation sites excluding steroid dienone is 6. The summed E-state index contributed by atoms with van der Waals surface area (Å²) >= 11 is 0. The minimum absolute atomic E-state index is 0.101. The molecule has 0 aromatic rings. The highest BCUT2D eigenvalue weighted by Crippen LogP contribution is 2.65. The second-order valence-electron chi connectivity index (χ2n) is 10.0. The SMILES string of the molecule is CC(C)=C1C=C[C@@H]2[C@H]1[C@@H]1C(=O)C(=O)[C@]2(C(C)(C)C)C=C1C(C)(C)C. The van der Waals surface area contributed by atoms with Crippen LogP contribution in [0.5, 0.6) is 0 Å². The second kappa shape index (κ2) is 4.80. The molecule has 4 aliphatic rings. The van der Waals surface area contributed by atoms with Crippen LogP contribution in [0, 0.1) is 34.0 Å². The third kappa shape index (κ3) is 1.95. The molecule has 24 heavy (non-hydrogen) atoms. The van der Waals surface area contributed by atoms with E-state index in [0.29, 0.717) is 0 Å². The number of hydrogen-bond donors (Lipinski definition) is 0. The third-order valence-electron chi connectivity index (χ3n) is 6.40. The van der Waals surface area contributed by atoms with Crippen LogP contribution in [0.25, 0.3) is 0 Å². The summed E-state index contributed by atoms with van der Waals surface area (Å²) in [6.45, 7) is 17.0. The predicted octanol–water partition coefficient (Wildman–Crippen LogP) is 4.91. The van der Waals surface area contributed by atoms with Crippen molar-refractivity contribution in [3.8, 4) is 0 Å². The Bertz CT molecular complexity index is 714. The first kappa shape index (κ1) is 17.4. The normalized spacial score (nSPS) is 35.4. The van der Waals surface area contributed by atoms with Gasteiger partial charge in [0.25, 0.3) is 0 Å². The first-order valence-electron chi connectivity index (χ1n) is 9.01. The fraction of sp³-hybridized carbons (Fsp3) is 0.636. The molecule has 4 rings (SSSR count). The number of fused-ring (bicyclic) bond motifs is 1. The van der Waals surface area contributed by atoms with E-state index in [2.05, 4.69) is 73.6 Å². The lowest BCUT2D eigenvalue weighted by atomic mass is 9.42. The molecule has 130 valence electrons. The summed E-state index contributed by atoms with van der Waals surface area (Å²) in [6, 6.07) is 0. The summed E-state index contributed by atoms with van der Waals surface area (Å²) in [6.07, 6.45) is 6.57. The summed E-state index contributed by atoms with van der Waals surface area (Å²) in [5, 5.41) is 0. The highest BCUT2D eigenvalue weighted by atomic mass is 16.2. The molecule has 0 saturated heterocycles. The first-order chi connectivity index (χ1) is 10.8. The van der Waals surface area contributed by atoms with Gasteiger partial charge >= 0.3 is 0 Å². The van der Waals surface area contributed by atoms with Gasteiger partial charge in [0.15, 0.2) is 0 Å². The van der Waals surface area contributed by atoms with Gasteiger partial charge in [-0.05, 0) is 30.3 Å². The van der Waals surface area contributed by atoms with Gasteiger partial charge in [-0.15, -0.1) is 0 Å². The third-order valence-corrected chi connectivity index (χ3v) is 6.40. The minimum Gasteiger partial charge on any atom is -0.290 e. The van der Waals surface area contributed by atoms with Crippen LogP contribution in [-0.4, -0.2) is 11.6 Å². The summed E-state index contributed by atoms with van der Waals surface area (Å²) in [4.78, 5) is 26.4. The number of Topliss-reactive ketones (excluding diaryl/α,β-unsaturated/α-hetero) is 2. The molecule has 1 saturated carbocycles. The van der Waals surface area contributed by atoms with Crippen molar-refractivity contribution >= 4 is 11.6 Å². The maximum atomic E-state index is 13.2. The van der Waals surface area contributed by atoms with Crippen molar-refractivity contribution < 1.29 is 9.59 Å². The van der Waals surface area contributed by atoms with E-state index in [1.807, 2.05) is 0 Å². The van der Waals surface area contributed by atoms with Crippen molar-refractivity contribution in [1.82, 2.24) is 0 Å². The van der Waals surface area contributed by atoms with Crippen molar-refractivity contribution in [3.63, 3.8) is 0 Å². The number of ketones is 2. The van der Waals surface area contributed by atoms with Crippen molar-refractivity contribution in [3.05, 3.63) is 34.9 Å². The first-order valence-corrected chi connectivity index (χ1v) is 9.01. The Labute approximate surface area is 146 Å². The van der Waals surface area contributed by atoms with E-state index in [9.17, 15) is 9.59 Å². The van der Waals surface area contributed by atoms with E-state index >= 15 is 0 Å². The maximum Gasteiger partial charge on any atom is 0.210 e. The van der Waals surface area contributed by atoms with Gasteiger partial charge in [0.05, 0.1) is 11.3 Å². The number of carbonyl (C=O) groups is 2. The molecule has 0 radical (unpaired) electrons. The van der Waals surface area contributed by atoms with Gasteiger partial charge < -0.3 is 0 Å². The molecular weight excluding hydrogens is 296 g/mol. The highest BCUT2D eigenvalue weighted by molar-refractivity contribution is 6.43. The number of carbonyl (C=O) groups excluding carboxylic acids is 2. The molecule has 2 nitrogen and oxygen atoms in total.